The molecule has 146 valence electrons. The van der Waals surface area contributed by atoms with Crippen LogP contribution < -0.4 is 11.1 Å². The van der Waals surface area contributed by atoms with E-state index in [2.05, 4.69) is 30.8 Å². The molecule has 3 N–H and O–H groups in total. The lowest BCUT2D eigenvalue weighted by atomic mass is 10.1. The van der Waals surface area contributed by atoms with E-state index in [1.807, 2.05) is 0 Å². The minimum Gasteiger partial charge on any atom is -0.364 e. The van der Waals surface area contributed by atoms with Gasteiger partial charge >= 0.3 is 0 Å². The van der Waals surface area contributed by atoms with Crippen LogP contribution >= 0.6 is 0 Å². The number of rotatable bonds is 5. The zero-order chi connectivity index (χ0) is 20.5. The van der Waals surface area contributed by atoms with Gasteiger partial charge in [0.2, 0.25) is 5.89 Å². The number of nitrogens with zero attached hydrogens (tertiary/aromatic N) is 6. The fraction of sp³-hybridized carbons (Fsp3) is 0.167. The Balaban J connectivity index is 1.64. The quantitative estimate of drug-likeness (QED) is 0.514. The largest absolute Gasteiger partial charge is 0.364 e. The minimum absolute atomic E-state index is 0.00158. The monoisotopic (exact) mass is 392 g/mol. The van der Waals surface area contributed by atoms with Gasteiger partial charge in [0.1, 0.15) is 12.2 Å². The molecule has 29 heavy (non-hydrogen) atoms. The molecule has 3 heterocycles. The highest BCUT2D eigenvalue weighted by Gasteiger charge is 2.18. The summed E-state index contributed by atoms with van der Waals surface area (Å²) in [4.78, 5) is 32.8. The second kappa shape index (κ2) is 7.11. The number of hydrogen-bond acceptors (Lipinski definition) is 8. The van der Waals surface area contributed by atoms with E-state index >= 15 is 0 Å². The molecule has 0 fully saturated rings. The van der Waals surface area contributed by atoms with Crippen molar-refractivity contribution in [3.63, 3.8) is 0 Å². The Labute approximate surface area is 163 Å². The number of fused-ring (bicyclic) bond motifs is 1. The standard InChI is InChI=1S/C18H16N8O3/c1-9-17(23-25-26(9)8-15-20-10(2)29-24-15)22-18(28)12-7-14(16(19)27)21-13-6-4-3-5-11(12)13/h3-7H,8H2,1-2H3,(H2,19,27)(H,22,28). The number of nitrogens with one attached hydrogen (secondary N) is 1. The molecule has 4 aromatic rings. The third-order valence-electron chi connectivity index (χ3n) is 4.29. The SMILES string of the molecule is Cc1nc(Cn2nnc(NC(=O)c3cc(C(N)=O)nc4ccccc34)c2C)no1. The summed E-state index contributed by atoms with van der Waals surface area (Å²) in [5.74, 6) is -0.0172. The first-order valence-electron chi connectivity index (χ1n) is 8.62. The van der Waals surface area contributed by atoms with E-state index < -0.39 is 11.8 Å². The summed E-state index contributed by atoms with van der Waals surface area (Å²) in [5, 5.41) is 15.1. The van der Waals surface area contributed by atoms with Crippen LogP contribution in [0.4, 0.5) is 5.82 Å². The van der Waals surface area contributed by atoms with Crippen molar-refractivity contribution < 1.29 is 14.1 Å². The molecule has 0 bridgehead atoms. The number of amides is 2. The number of carbonyl (C=O) groups is 2. The van der Waals surface area contributed by atoms with E-state index in [9.17, 15) is 9.59 Å². The fourth-order valence-electron chi connectivity index (χ4n) is 2.83. The maximum absolute atomic E-state index is 12.9. The fourth-order valence-corrected chi connectivity index (χ4v) is 2.83. The smallest absolute Gasteiger partial charge is 0.267 e. The number of primary amides is 1. The number of anilines is 1. The van der Waals surface area contributed by atoms with Crippen molar-refractivity contribution in [1.29, 1.82) is 0 Å². The van der Waals surface area contributed by atoms with Crippen molar-refractivity contribution in [3.05, 3.63) is 59.0 Å². The van der Waals surface area contributed by atoms with E-state index in [4.69, 9.17) is 10.3 Å². The highest BCUT2D eigenvalue weighted by Crippen LogP contribution is 2.20. The summed E-state index contributed by atoms with van der Waals surface area (Å²) >= 11 is 0. The van der Waals surface area contributed by atoms with Crippen LogP contribution in [0.5, 0.6) is 0 Å². The van der Waals surface area contributed by atoms with E-state index in [1.54, 1.807) is 42.8 Å². The van der Waals surface area contributed by atoms with Gasteiger partial charge in [0.25, 0.3) is 11.8 Å². The molecule has 1 aromatic carbocycles. The Morgan fingerprint density at radius 3 is 2.72 bits per heavy atom. The maximum Gasteiger partial charge on any atom is 0.267 e. The average Bonchev–Trinajstić information content (AvgIpc) is 3.27. The van der Waals surface area contributed by atoms with Crippen molar-refractivity contribution in [3.8, 4) is 0 Å². The highest BCUT2D eigenvalue weighted by atomic mass is 16.5. The number of hydrogen-bond donors (Lipinski definition) is 2. The van der Waals surface area contributed by atoms with Gasteiger partial charge in [-0.25, -0.2) is 9.67 Å². The maximum atomic E-state index is 12.9. The minimum atomic E-state index is -0.720. The molecule has 0 radical (unpaired) electrons. The second-order valence-corrected chi connectivity index (χ2v) is 6.30. The first kappa shape index (κ1) is 18.2. The number of aryl methyl sites for hydroxylation is 1. The summed E-state index contributed by atoms with van der Waals surface area (Å²) in [6.45, 7) is 3.69. The summed E-state index contributed by atoms with van der Waals surface area (Å²) in [7, 11) is 0. The summed E-state index contributed by atoms with van der Waals surface area (Å²) in [6, 6.07) is 8.34. The molecule has 3 aromatic heterocycles. The molecular weight excluding hydrogens is 376 g/mol. The molecule has 0 saturated carbocycles. The molecule has 0 unspecified atom stereocenters. The molecule has 0 aliphatic rings. The van der Waals surface area contributed by atoms with Gasteiger partial charge < -0.3 is 15.6 Å². The van der Waals surface area contributed by atoms with Crippen LogP contribution in [0.25, 0.3) is 10.9 Å². The summed E-state index contributed by atoms with van der Waals surface area (Å²) < 4.78 is 6.48. The Kier molecular flexibility index (Phi) is 4.47. The summed E-state index contributed by atoms with van der Waals surface area (Å²) in [6.07, 6.45) is 0. The highest BCUT2D eigenvalue weighted by molar-refractivity contribution is 6.13. The number of nitrogens with two attached hydrogens (primary N) is 1. The predicted molar refractivity (Wildman–Crippen MR) is 101 cm³/mol. The third kappa shape index (κ3) is 3.52. The van der Waals surface area contributed by atoms with Gasteiger partial charge in [0, 0.05) is 12.3 Å². The topological polar surface area (TPSA) is 155 Å². The van der Waals surface area contributed by atoms with Gasteiger partial charge in [-0.3, -0.25) is 9.59 Å². The van der Waals surface area contributed by atoms with E-state index in [-0.39, 0.29) is 23.6 Å². The number of pyridine rings is 1. The van der Waals surface area contributed by atoms with E-state index in [0.717, 1.165) is 0 Å². The number of para-hydroxylation sites is 1. The lowest BCUT2D eigenvalue weighted by Gasteiger charge is -2.08. The zero-order valence-electron chi connectivity index (χ0n) is 15.6. The predicted octanol–water partition coefficient (Wildman–Crippen LogP) is 1.23. The molecule has 0 spiro atoms. The van der Waals surface area contributed by atoms with Crippen LogP contribution in [-0.4, -0.2) is 41.9 Å². The van der Waals surface area contributed by atoms with Crippen LogP contribution in [0.1, 0.15) is 38.3 Å². The van der Waals surface area contributed by atoms with Crippen molar-refractivity contribution >= 4 is 28.5 Å². The van der Waals surface area contributed by atoms with Gasteiger partial charge in [-0.15, -0.1) is 5.10 Å². The molecule has 4 rings (SSSR count). The first-order chi connectivity index (χ1) is 13.9. The lowest BCUT2D eigenvalue weighted by molar-refractivity contribution is 0.0996. The van der Waals surface area contributed by atoms with E-state index in [0.29, 0.717) is 28.3 Å². The Bertz CT molecular complexity index is 1240. The molecule has 11 heteroatoms. The van der Waals surface area contributed by atoms with Crippen molar-refractivity contribution in [1.82, 2.24) is 30.1 Å². The average molecular weight is 392 g/mol. The van der Waals surface area contributed by atoms with Crippen molar-refractivity contribution in [2.75, 3.05) is 5.32 Å². The van der Waals surface area contributed by atoms with Gasteiger partial charge in [0.15, 0.2) is 11.6 Å². The van der Waals surface area contributed by atoms with Crippen LogP contribution in [0.3, 0.4) is 0 Å². The van der Waals surface area contributed by atoms with E-state index in [1.165, 1.54) is 6.07 Å². The Morgan fingerprint density at radius 1 is 1.21 bits per heavy atom. The molecule has 0 saturated heterocycles. The first-order valence-corrected chi connectivity index (χ1v) is 8.62. The molecule has 0 aliphatic carbocycles. The van der Waals surface area contributed by atoms with Crippen LogP contribution in [-0.2, 0) is 6.54 Å². The van der Waals surface area contributed by atoms with Gasteiger partial charge in [-0.1, -0.05) is 28.6 Å². The van der Waals surface area contributed by atoms with Crippen LogP contribution in [0, 0.1) is 13.8 Å². The van der Waals surface area contributed by atoms with Gasteiger partial charge in [-0.05, 0) is 19.1 Å². The Hall–Kier alpha value is -4.15. The van der Waals surface area contributed by atoms with Crippen LogP contribution in [0.2, 0.25) is 0 Å². The molecule has 11 nitrogen and oxygen atoms in total. The number of benzene rings is 1. The normalized spacial score (nSPS) is 11.0. The summed E-state index contributed by atoms with van der Waals surface area (Å²) in [5.41, 5.74) is 6.70. The number of aromatic nitrogens is 6. The lowest BCUT2D eigenvalue weighted by Crippen LogP contribution is -2.18. The van der Waals surface area contributed by atoms with Crippen molar-refractivity contribution in [2.45, 2.75) is 20.4 Å². The van der Waals surface area contributed by atoms with Gasteiger partial charge in [-0.2, -0.15) is 4.98 Å². The number of carbonyl (C=O) groups excluding carboxylic acids is 2. The zero-order valence-corrected chi connectivity index (χ0v) is 15.6. The van der Waals surface area contributed by atoms with Crippen molar-refractivity contribution in [2.24, 2.45) is 5.73 Å². The second-order valence-electron chi connectivity index (χ2n) is 6.30. The van der Waals surface area contributed by atoms with Crippen LogP contribution in [0.15, 0.2) is 34.9 Å². The molecule has 0 atom stereocenters. The third-order valence-corrected chi connectivity index (χ3v) is 4.29. The molecular formula is C18H16N8O3. The molecule has 0 aliphatic heterocycles. The molecule has 2 amide bonds. The van der Waals surface area contributed by atoms with Gasteiger partial charge in [0.05, 0.1) is 16.8 Å². The Morgan fingerprint density at radius 2 is 2.00 bits per heavy atom.